The Bertz CT molecular complexity index is 1410. The molecule has 12 heteroatoms. The van der Waals surface area contributed by atoms with E-state index in [9.17, 15) is 4.79 Å². The summed E-state index contributed by atoms with van der Waals surface area (Å²) < 4.78 is 1.39. The molecule has 0 amide bonds. The number of hydrogen-bond acceptors (Lipinski definition) is 8. The summed E-state index contributed by atoms with van der Waals surface area (Å²) in [6, 6.07) is 5.81. The average Bonchev–Trinajstić information content (AvgIpc) is 2.74. The molecule has 4 rings (SSSR count). The van der Waals surface area contributed by atoms with Crippen LogP contribution in [0.15, 0.2) is 35.3 Å². The molecule has 0 saturated heterocycles. The van der Waals surface area contributed by atoms with Gasteiger partial charge in [0.05, 0.1) is 38.9 Å². The molecule has 0 radical (unpaired) electrons. The predicted molar refractivity (Wildman–Crippen MR) is 128 cm³/mol. The van der Waals surface area contributed by atoms with Crippen molar-refractivity contribution in [1.82, 2.24) is 24.5 Å². The number of nitrogens with two attached hydrogens (primary N) is 2. The number of hydrogen-bond donors (Lipinski definition) is 3. The molecular weight excluding hydrogens is 475 g/mol. The van der Waals surface area contributed by atoms with Crippen LogP contribution in [0.2, 0.25) is 15.1 Å². The van der Waals surface area contributed by atoms with Gasteiger partial charge in [-0.1, -0.05) is 34.8 Å². The van der Waals surface area contributed by atoms with Crippen LogP contribution in [0.1, 0.15) is 24.6 Å². The Balaban J connectivity index is 1.97. The van der Waals surface area contributed by atoms with Crippen LogP contribution in [0.25, 0.3) is 16.6 Å². The van der Waals surface area contributed by atoms with E-state index in [1.807, 2.05) is 0 Å². The molecule has 0 spiro atoms. The molecule has 0 aliphatic rings. The smallest absolute Gasteiger partial charge is 0.267 e. The van der Waals surface area contributed by atoms with Gasteiger partial charge in [0.25, 0.3) is 5.56 Å². The molecular formula is C20H17Cl3N8O. The van der Waals surface area contributed by atoms with Gasteiger partial charge in [-0.15, -0.1) is 0 Å². The lowest BCUT2D eigenvalue weighted by molar-refractivity contribution is 0.729. The number of rotatable bonds is 4. The standard InChI is InChI=1S/C20H17Cl3N8O/c1-8(27-18-15(23)17(25)28-9(2)29-18)19-30-16-12(22)5-4-11(21)14(16)20(32)31(19)10-3-6-13(24)26-7-10/h3-8H,1-2H3,(H2,24,26)(H3,25,27,28,29)/t8-/m0/s1. The molecule has 1 atom stereocenters. The number of aromatic nitrogens is 5. The van der Waals surface area contributed by atoms with Crippen molar-refractivity contribution < 1.29 is 0 Å². The molecule has 9 nitrogen and oxygen atoms in total. The third-order valence-electron chi connectivity index (χ3n) is 4.71. The fraction of sp³-hybridized carbons (Fsp3) is 0.150. The summed E-state index contributed by atoms with van der Waals surface area (Å²) in [5, 5.41) is 4.02. The highest BCUT2D eigenvalue weighted by molar-refractivity contribution is 6.39. The van der Waals surface area contributed by atoms with Gasteiger partial charge in [0.1, 0.15) is 28.3 Å². The maximum absolute atomic E-state index is 13.6. The van der Waals surface area contributed by atoms with E-state index < -0.39 is 11.6 Å². The van der Waals surface area contributed by atoms with Crippen LogP contribution in [0.3, 0.4) is 0 Å². The largest absolute Gasteiger partial charge is 0.384 e. The fourth-order valence-corrected chi connectivity index (χ4v) is 3.82. The Morgan fingerprint density at radius 2 is 1.75 bits per heavy atom. The number of nitrogens with one attached hydrogen (secondary N) is 1. The van der Waals surface area contributed by atoms with Crippen molar-refractivity contribution in [1.29, 1.82) is 0 Å². The van der Waals surface area contributed by atoms with E-state index >= 15 is 0 Å². The first-order valence-corrected chi connectivity index (χ1v) is 10.5. The lowest BCUT2D eigenvalue weighted by atomic mass is 10.2. The molecule has 0 saturated carbocycles. The number of halogens is 3. The summed E-state index contributed by atoms with van der Waals surface area (Å²) >= 11 is 19.0. The van der Waals surface area contributed by atoms with Crippen molar-refractivity contribution in [3.63, 3.8) is 0 Å². The molecule has 1 aromatic carbocycles. The molecule has 0 aliphatic heterocycles. The number of nitrogens with zero attached hydrogens (tertiary/aromatic N) is 5. The molecule has 0 bridgehead atoms. The van der Waals surface area contributed by atoms with Gasteiger partial charge in [-0.05, 0) is 38.1 Å². The highest BCUT2D eigenvalue weighted by atomic mass is 35.5. The minimum Gasteiger partial charge on any atom is -0.384 e. The van der Waals surface area contributed by atoms with Crippen molar-refractivity contribution in [2.75, 3.05) is 16.8 Å². The van der Waals surface area contributed by atoms with Gasteiger partial charge >= 0.3 is 0 Å². The summed E-state index contributed by atoms with van der Waals surface area (Å²) in [6.45, 7) is 3.48. The zero-order valence-corrected chi connectivity index (χ0v) is 19.2. The summed E-state index contributed by atoms with van der Waals surface area (Å²) in [6.07, 6.45) is 1.47. The van der Waals surface area contributed by atoms with Gasteiger partial charge in [0, 0.05) is 0 Å². The monoisotopic (exact) mass is 490 g/mol. The highest BCUT2D eigenvalue weighted by Gasteiger charge is 2.22. The summed E-state index contributed by atoms with van der Waals surface area (Å²) in [7, 11) is 0. The number of nitrogen functional groups attached to an aromatic ring is 2. The molecule has 3 heterocycles. The van der Waals surface area contributed by atoms with Crippen LogP contribution in [-0.4, -0.2) is 24.5 Å². The normalized spacial score (nSPS) is 12.2. The second-order valence-corrected chi connectivity index (χ2v) is 8.18. The molecule has 164 valence electrons. The molecule has 3 aromatic heterocycles. The van der Waals surface area contributed by atoms with Gasteiger partial charge in [-0.25, -0.2) is 19.9 Å². The van der Waals surface area contributed by atoms with Gasteiger partial charge < -0.3 is 16.8 Å². The Kier molecular flexibility index (Phi) is 5.81. The Morgan fingerprint density at radius 3 is 2.44 bits per heavy atom. The van der Waals surface area contributed by atoms with Crippen LogP contribution in [0.4, 0.5) is 17.5 Å². The molecule has 0 unspecified atom stereocenters. The minimum absolute atomic E-state index is 0.135. The van der Waals surface area contributed by atoms with Crippen molar-refractivity contribution in [2.45, 2.75) is 19.9 Å². The van der Waals surface area contributed by atoms with Crippen LogP contribution in [0.5, 0.6) is 0 Å². The molecule has 32 heavy (non-hydrogen) atoms. The number of anilines is 3. The van der Waals surface area contributed by atoms with Gasteiger partial charge in [-0.2, -0.15) is 0 Å². The van der Waals surface area contributed by atoms with E-state index in [4.69, 9.17) is 46.3 Å². The van der Waals surface area contributed by atoms with Gasteiger partial charge in [0.2, 0.25) is 0 Å². The zero-order chi connectivity index (χ0) is 23.2. The number of pyridine rings is 1. The zero-order valence-electron chi connectivity index (χ0n) is 16.9. The minimum atomic E-state index is -0.564. The maximum Gasteiger partial charge on any atom is 0.267 e. The topological polar surface area (TPSA) is 138 Å². The van der Waals surface area contributed by atoms with Crippen molar-refractivity contribution in [3.05, 3.63) is 67.5 Å². The van der Waals surface area contributed by atoms with Crippen LogP contribution in [-0.2, 0) is 0 Å². The summed E-state index contributed by atoms with van der Waals surface area (Å²) in [5.74, 6) is 1.50. The van der Waals surface area contributed by atoms with E-state index in [2.05, 4.69) is 25.3 Å². The van der Waals surface area contributed by atoms with Crippen molar-refractivity contribution in [2.24, 2.45) is 0 Å². The quantitative estimate of drug-likeness (QED) is 0.386. The number of fused-ring (bicyclic) bond motifs is 1. The van der Waals surface area contributed by atoms with Gasteiger partial charge in [0.15, 0.2) is 5.82 Å². The van der Waals surface area contributed by atoms with E-state index in [0.717, 1.165) is 0 Å². The molecule has 0 aliphatic carbocycles. The lowest BCUT2D eigenvalue weighted by Crippen LogP contribution is -2.28. The lowest BCUT2D eigenvalue weighted by Gasteiger charge is -2.21. The predicted octanol–water partition coefficient (Wildman–Crippen LogP) is 4.18. The highest BCUT2D eigenvalue weighted by Crippen LogP contribution is 2.31. The average molecular weight is 492 g/mol. The first-order chi connectivity index (χ1) is 15.2. The van der Waals surface area contributed by atoms with E-state index in [1.165, 1.54) is 10.8 Å². The first-order valence-electron chi connectivity index (χ1n) is 9.36. The summed E-state index contributed by atoms with van der Waals surface area (Å²) in [4.78, 5) is 30.7. The SMILES string of the molecule is Cc1nc(N)c(Cl)c(N[C@@H](C)c2nc3c(Cl)ccc(Cl)c3c(=O)n2-c2ccc(N)nc2)n1. The molecule has 4 aromatic rings. The van der Waals surface area contributed by atoms with E-state index in [-0.39, 0.29) is 31.8 Å². The van der Waals surface area contributed by atoms with E-state index in [1.54, 1.807) is 38.1 Å². The Morgan fingerprint density at radius 1 is 1.03 bits per heavy atom. The number of benzene rings is 1. The van der Waals surface area contributed by atoms with Gasteiger partial charge in [-0.3, -0.25) is 9.36 Å². The second kappa shape index (κ2) is 8.42. The Labute approximate surface area is 197 Å². The van der Waals surface area contributed by atoms with Crippen LogP contribution >= 0.6 is 34.8 Å². The van der Waals surface area contributed by atoms with Crippen molar-refractivity contribution in [3.8, 4) is 5.69 Å². The second-order valence-electron chi connectivity index (χ2n) is 6.99. The molecule has 5 N–H and O–H groups in total. The van der Waals surface area contributed by atoms with Crippen LogP contribution < -0.4 is 22.3 Å². The summed E-state index contributed by atoms with van der Waals surface area (Å²) in [5.41, 5.74) is 11.9. The number of aryl methyl sites for hydroxylation is 1. The first kappa shape index (κ1) is 22.1. The van der Waals surface area contributed by atoms with Crippen molar-refractivity contribution >= 4 is 63.2 Å². The third-order valence-corrected chi connectivity index (χ3v) is 5.70. The Hall–Kier alpha value is -3.14. The fourth-order valence-electron chi connectivity index (χ4n) is 3.25. The van der Waals surface area contributed by atoms with E-state index in [0.29, 0.717) is 29.0 Å². The molecule has 0 fully saturated rings. The maximum atomic E-state index is 13.6. The third kappa shape index (κ3) is 3.90. The van der Waals surface area contributed by atoms with Crippen LogP contribution in [0, 0.1) is 6.92 Å².